The molecule has 0 amide bonds. The van der Waals surface area contributed by atoms with E-state index in [4.69, 9.17) is 16.1 Å². The predicted octanol–water partition coefficient (Wildman–Crippen LogP) is 3.71. The fraction of sp³-hybridized carbons (Fsp3) is 0.368. The van der Waals surface area contributed by atoms with Crippen molar-refractivity contribution < 1.29 is 13.3 Å². The number of nitrogens with zero attached hydrogens (tertiary/aromatic N) is 6. The number of anilines is 1. The summed E-state index contributed by atoms with van der Waals surface area (Å²) in [7, 11) is 0. The molecule has 1 aromatic carbocycles. The molecule has 1 N–H and O–H groups in total. The van der Waals surface area contributed by atoms with Crippen molar-refractivity contribution in [1.82, 2.24) is 25.1 Å². The molecule has 0 spiro atoms. The number of imidazole rings is 1. The summed E-state index contributed by atoms with van der Waals surface area (Å²) in [6.45, 7) is 0. The molecule has 2 aromatic heterocycles. The quantitative estimate of drug-likeness (QED) is 0.666. The van der Waals surface area contributed by atoms with E-state index in [0.29, 0.717) is 11.1 Å². The first-order valence-electron chi connectivity index (χ1n) is 9.76. The van der Waals surface area contributed by atoms with Crippen molar-refractivity contribution in [1.29, 1.82) is 0 Å². The minimum absolute atomic E-state index is 0.0211. The van der Waals surface area contributed by atoms with Crippen molar-refractivity contribution in [3.63, 3.8) is 0 Å². The molecule has 3 aliphatic rings. The van der Waals surface area contributed by atoms with Crippen LogP contribution in [0.4, 0.5) is 14.6 Å². The van der Waals surface area contributed by atoms with Gasteiger partial charge >= 0.3 is 0 Å². The fourth-order valence-corrected chi connectivity index (χ4v) is 5.06. The van der Waals surface area contributed by atoms with Crippen LogP contribution in [0.3, 0.4) is 0 Å². The molecule has 1 saturated carbocycles. The summed E-state index contributed by atoms with van der Waals surface area (Å²) in [5.41, 5.74) is 3.25. The second-order valence-electron chi connectivity index (χ2n) is 7.70. The summed E-state index contributed by atoms with van der Waals surface area (Å²) in [6.07, 6.45) is 5.97. The van der Waals surface area contributed by atoms with E-state index >= 15 is 0 Å². The van der Waals surface area contributed by atoms with E-state index in [2.05, 4.69) is 25.7 Å². The van der Waals surface area contributed by atoms with Gasteiger partial charge in [-0.25, -0.2) is 13.8 Å². The summed E-state index contributed by atoms with van der Waals surface area (Å²) in [5, 5.41) is 8.76. The van der Waals surface area contributed by atoms with Crippen LogP contribution in [0.15, 0.2) is 34.0 Å². The molecule has 4 heterocycles. The Kier molecular flexibility index (Phi) is 3.86. The molecular weight excluding hydrogens is 416 g/mol. The van der Waals surface area contributed by atoms with Crippen LogP contribution >= 0.6 is 11.6 Å². The van der Waals surface area contributed by atoms with E-state index in [1.807, 2.05) is 9.47 Å². The van der Waals surface area contributed by atoms with E-state index in [9.17, 15) is 8.78 Å². The lowest BCUT2D eigenvalue weighted by Crippen LogP contribution is -2.53. The van der Waals surface area contributed by atoms with Gasteiger partial charge in [-0.05, 0) is 36.6 Å². The summed E-state index contributed by atoms with van der Waals surface area (Å²) < 4.78 is 34.8. The first-order valence-corrected chi connectivity index (χ1v) is 10.1. The number of amidine groups is 1. The largest absolute Gasteiger partial charge is 0.330 e. The Labute approximate surface area is 174 Å². The highest BCUT2D eigenvalue weighted by Gasteiger charge is 2.48. The third-order valence-electron chi connectivity index (χ3n) is 6.10. The molecule has 11 heteroatoms. The van der Waals surface area contributed by atoms with Crippen LogP contribution in [0.2, 0.25) is 5.28 Å². The fourth-order valence-electron chi connectivity index (χ4n) is 4.80. The van der Waals surface area contributed by atoms with Gasteiger partial charge in [-0.15, -0.1) is 0 Å². The number of hydrogen-bond acceptors (Lipinski definition) is 7. The van der Waals surface area contributed by atoms with Gasteiger partial charge in [0.2, 0.25) is 16.9 Å². The summed E-state index contributed by atoms with van der Waals surface area (Å²) >= 11 is 6.42. The van der Waals surface area contributed by atoms with Crippen LogP contribution in [0, 0.1) is 17.6 Å². The number of nitrogens with one attached hydrogen (secondary N) is 1. The number of hydrogen-bond donors (Lipinski definition) is 1. The zero-order valence-corrected chi connectivity index (χ0v) is 16.4. The highest BCUT2D eigenvalue weighted by atomic mass is 35.5. The van der Waals surface area contributed by atoms with Crippen LogP contribution < -0.4 is 10.3 Å². The van der Waals surface area contributed by atoms with Crippen LogP contribution in [0.1, 0.15) is 37.6 Å². The number of hydrazone groups is 1. The van der Waals surface area contributed by atoms with E-state index in [0.717, 1.165) is 43.6 Å². The molecule has 0 radical (unpaired) electrons. The van der Waals surface area contributed by atoms with Crippen molar-refractivity contribution in [3.8, 4) is 11.4 Å². The van der Waals surface area contributed by atoms with E-state index in [1.54, 1.807) is 6.20 Å². The van der Waals surface area contributed by atoms with Crippen molar-refractivity contribution in [2.45, 2.75) is 37.9 Å². The van der Waals surface area contributed by atoms with Gasteiger partial charge in [-0.1, -0.05) is 18.0 Å². The summed E-state index contributed by atoms with van der Waals surface area (Å²) in [4.78, 5) is 10.6. The molecule has 3 unspecified atom stereocenters. The maximum absolute atomic E-state index is 14.1. The maximum Gasteiger partial charge on any atom is 0.296 e. The highest BCUT2D eigenvalue weighted by Crippen LogP contribution is 2.47. The lowest BCUT2D eigenvalue weighted by molar-refractivity contribution is 0.176. The van der Waals surface area contributed by atoms with Gasteiger partial charge in [-0.3, -0.25) is 14.9 Å². The molecule has 1 aliphatic carbocycles. The number of aromatic nitrogens is 4. The Morgan fingerprint density at radius 3 is 2.93 bits per heavy atom. The summed E-state index contributed by atoms with van der Waals surface area (Å²) in [5.74, 6) is 0.214. The first kappa shape index (κ1) is 17.8. The van der Waals surface area contributed by atoms with Gasteiger partial charge in [0.1, 0.15) is 23.6 Å². The van der Waals surface area contributed by atoms with Gasteiger partial charge in [0.05, 0.1) is 11.8 Å². The molecule has 154 valence electrons. The Morgan fingerprint density at radius 2 is 2.07 bits per heavy atom. The third-order valence-corrected chi connectivity index (χ3v) is 6.38. The van der Waals surface area contributed by atoms with Crippen LogP contribution in [-0.2, 0) is 0 Å². The van der Waals surface area contributed by atoms with Gasteiger partial charge in [0, 0.05) is 18.0 Å². The van der Waals surface area contributed by atoms with Gasteiger partial charge in [0.25, 0.3) is 5.89 Å². The Morgan fingerprint density at radius 1 is 1.20 bits per heavy atom. The Hall–Kier alpha value is -3.01. The van der Waals surface area contributed by atoms with Crippen molar-refractivity contribution in [3.05, 3.63) is 47.2 Å². The summed E-state index contributed by atoms with van der Waals surface area (Å²) in [6, 6.07) is 3.45. The second-order valence-corrected chi connectivity index (χ2v) is 8.04. The molecule has 6 rings (SSSR count). The molecule has 0 bridgehead atoms. The lowest BCUT2D eigenvalue weighted by atomic mass is 9.80. The maximum atomic E-state index is 14.1. The van der Waals surface area contributed by atoms with E-state index in [1.165, 1.54) is 6.07 Å². The van der Waals surface area contributed by atoms with Crippen molar-refractivity contribution in [2.24, 2.45) is 11.0 Å². The molecule has 2 aliphatic heterocycles. The Balaban J connectivity index is 1.40. The standard InChI is InChI=1S/C19H16ClF2N7O/c20-19-23-8-14-28(19)13-4-2-1-3-11(13)16-25-26-17(29(14)16)18-24-15(27-30-18)10-6-5-9(21)7-12(10)22/h5-8,11,13,16,25H,1-4H2. The predicted molar refractivity (Wildman–Crippen MR) is 104 cm³/mol. The highest BCUT2D eigenvalue weighted by molar-refractivity contribution is 6.28. The molecule has 8 nitrogen and oxygen atoms in total. The zero-order chi connectivity index (χ0) is 20.4. The molecule has 30 heavy (non-hydrogen) atoms. The van der Waals surface area contributed by atoms with E-state index < -0.39 is 11.6 Å². The third kappa shape index (κ3) is 2.49. The van der Waals surface area contributed by atoms with Crippen LogP contribution in [0.25, 0.3) is 11.4 Å². The van der Waals surface area contributed by atoms with Gasteiger partial charge in [0.15, 0.2) is 0 Å². The molecule has 0 saturated heterocycles. The molecule has 1 fully saturated rings. The first-order chi connectivity index (χ1) is 14.6. The smallest absolute Gasteiger partial charge is 0.296 e. The molecular formula is C19H16ClF2N7O. The van der Waals surface area contributed by atoms with Crippen LogP contribution in [0.5, 0.6) is 0 Å². The van der Waals surface area contributed by atoms with Crippen LogP contribution in [-0.4, -0.2) is 31.7 Å². The number of benzene rings is 1. The van der Waals surface area contributed by atoms with Gasteiger partial charge < -0.3 is 4.52 Å². The number of rotatable bonds is 2. The van der Waals surface area contributed by atoms with Crippen molar-refractivity contribution >= 4 is 23.3 Å². The topological polar surface area (TPSA) is 84.4 Å². The second kappa shape index (κ2) is 6.49. The average molecular weight is 432 g/mol. The van der Waals surface area contributed by atoms with Crippen molar-refractivity contribution in [2.75, 3.05) is 4.90 Å². The van der Waals surface area contributed by atoms with E-state index in [-0.39, 0.29) is 35.4 Å². The molecule has 3 aromatic rings. The van der Waals surface area contributed by atoms with Gasteiger partial charge in [-0.2, -0.15) is 10.1 Å². The normalized spacial score (nSPS) is 24.7. The average Bonchev–Trinajstić information content (AvgIpc) is 3.46. The Bertz CT molecular complexity index is 1180. The lowest BCUT2D eigenvalue weighted by Gasteiger charge is -2.45. The number of halogens is 3. The SMILES string of the molecule is Fc1ccc(-c2noc(C3=NNC4C5CCCCC5n5c(cnc5Cl)N34)n2)c(F)c1. The zero-order valence-electron chi connectivity index (χ0n) is 15.6. The number of fused-ring (bicyclic) bond motifs is 6. The minimum atomic E-state index is -0.764. The monoisotopic (exact) mass is 431 g/mol. The minimum Gasteiger partial charge on any atom is -0.330 e. The molecule has 3 atom stereocenters.